The molecule has 1 rings (SSSR count). The first-order chi connectivity index (χ1) is 7.06. The Balaban J connectivity index is 2.26. The predicted molar refractivity (Wildman–Crippen MR) is 62.9 cm³/mol. The molecule has 1 aliphatic rings. The summed E-state index contributed by atoms with van der Waals surface area (Å²) in [6.45, 7) is 5.78. The highest BCUT2D eigenvalue weighted by Crippen LogP contribution is 2.40. The van der Waals surface area contributed by atoms with Crippen LogP contribution >= 0.6 is 0 Å². The van der Waals surface area contributed by atoms with Crippen molar-refractivity contribution in [2.75, 3.05) is 20.3 Å². The van der Waals surface area contributed by atoms with E-state index >= 15 is 0 Å². The van der Waals surface area contributed by atoms with Crippen LogP contribution in [0.3, 0.4) is 0 Å². The quantitative estimate of drug-likeness (QED) is 0.531. The van der Waals surface area contributed by atoms with Crippen LogP contribution in [0.15, 0.2) is 4.99 Å². The van der Waals surface area contributed by atoms with E-state index in [0.29, 0.717) is 18.0 Å². The highest BCUT2D eigenvalue weighted by Gasteiger charge is 2.31. The minimum atomic E-state index is 0.216. The maximum atomic E-state index is 5.77. The van der Waals surface area contributed by atoms with Crippen LogP contribution in [-0.4, -0.2) is 32.3 Å². The van der Waals surface area contributed by atoms with Gasteiger partial charge in [0.25, 0.3) is 0 Å². The standard InChI is InChI=1S/C11H23N3O/c1-9(7-15-3)14-10(12)13-8-11(2)5-4-6-11/h9H,4-8H2,1-3H3,(H3,12,13,14). The van der Waals surface area contributed by atoms with Gasteiger partial charge >= 0.3 is 0 Å². The van der Waals surface area contributed by atoms with Crippen LogP contribution in [0.5, 0.6) is 0 Å². The van der Waals surface area contributed by atoms with Gasteiger partial charge in [-0.15, -0.1) is 0 Å². The van der Waals surface area contributed by atoms with E-state index in [9.17, 15) is 0 Å². The van der Waals surface area contributed by atoms with Crippen LogP contribution in [0.2, 0.25) is 0 Å². The molecule has 1 fully saturated rings. The molecule has 15 heavy (non-hydrogen) atoms. The van der Waals surface area contributed by atoms with Crippen LogP contribution in [0, 0.1) is 5.41 Å². The van der Waals surface area contributed by atoms with Crippen molar-refractivity contribution < 1.29 is 4.74 Å². The number of nitrogens with two attached hydrogens (primary N) is 1. The fourth-order valence-corrected chi connectivity index (χ4v) is 1.80. The van der Waals surface area contributed by atoms with Gasteiger partial charge in [0.15, 0.2) is 5.96 Å². The number of nitrogens with one attached hydrogen (secondary N) is 1. The molecule has 0 aliphatic heterocycles. The number of hydrogen-bond acceptors (Lipinski definition) is 2. The Morgan fingerprint density at radius 1 is 1.60 bits per heavy atom. The number of ether oxygens (including phenoxy) is 1. The van der Waals surface area contributed by atoms with E-state index in [1.165, 1.54) is 19.3 Å². The molecule has 4 nitrogen and oxygen atoms in total. The molecule has 0 radical (unpaired) electrons. The summed E-state index contributed by atoms with van der Waals surface area (Å²) in [5.74, 6) is 0.535. The lowest BCUT2D eigenvalue weighted by Gasteiger charge is -2.36. The molecule has 88 valence electrons. The van der Waals surface area contributed by atoms with Gasteiger partial charge in [0, 0.05) is 19.7 Å². The van der Waals surface area contributed by atoms with Crippen molar-refractivity contribution in [3.05, 3.63) is 0 Å². The van der Waals surface area contributed by atoms with Gasteiger partial charge < -0.3 is 15.8 Å². The number of guanidine groups is 1. The van der Waals surface area contributed by atoms with E-state index in [-0.39, 0.29) is 6.04 Å². The number of methoxy groups -OCH3 is 1. The third-order valence-electron chi connectivity index (χ3n) is 3.00. The Kier molecular flexibility index (Phi) is 4.39. The lowest BCUT2D eigenvalue weighted by Crippen LogP contribution is -2.41. The topological polar surface area (TPSA) is 59.6 Å². The van der Waals surface area contributed by atoms with Gasteiger partial charge in [0.05, 0.1) is 6.61 Å². The third kappa shape index (κ3) is 4.08. The first kappa shape index (κ1) is 12.3. The predicted octanol–water partition coefficient (Wildman–Crippen LogP) is 1.12. The van der Waals surface area contributed by atoms with Gasteiger partial charge in [-0.25, -0.2) is 0 Å². The van der Waals surface area contributed by atoms with Crippen LogP contribution in [0.1, 0.15) is 33.1 Å². The molecule has 0 spiro atoms. The van der Waals surface area contributed by atoms with Gasteiger partial charge in [-0.2, -0.15) is 0 Å². The Bertz CT molecular complexity index is 224. The highest BCUT2D eigenvalue weighted by atomic mass is 16.5. The molecule has 0 saturated heterocycles. The average molecular weight is 213 g/mol. The molecule has 0 aromatic carbocycles. The molecule has 1 atom stereocenters. The molecule has 0 aromatic heterocycles. The number of aliphatic imine (C=N–C) groups is 1. The Morgan fingerprint density at radius 3 is 2.73 bits per heavy atom. The summed E-state index contributed by atoms with van der Waals surface area (Å²) in [6.07, 6.45) is 3.88. The average Bonchev–Trinajstić information content (AvgIpc) is 2.12. The summed E-state index contributed by atoms with van der Waals surface area (Å²) in [7, 11) is 1.68. The van der Waals surface area contributed by atoms with Crippen molar-refractivity contribution in [2.45, 2.75) is 39.2 Å². The molecule has 0 bridgehead atoms. The molecule has 0 amide bonds. The second-order valence-electron chi connectivity index (χ2n) is 4.87. The third-order valence-corrected chi connectivity index (χ3v) is 3.00. The van der Waals surface area contributed by atoms with Crippen LogP contribution in [0.4, 0.5) is 0 Å². The van der Waals surface area contributed by atoms with Gasteiger partial charge in [-0.05, 0) is 25.2 Å². The zero-order valence-electron chi connectivity index (χ0n) is 10.0. The fourth-order valence-electron chi connectivity index (χ4n) is 1.80. The summed E-state index contributed by atoms with van der Waals surface area (Å²) >= 11 is 0. The van der Waals surface area contributed by atoms with Crippen molar-refractivity contribution in [1.82, 2.24) is 5.32 Å². The molecule has 0 heterocycles. The Morgan fingerprint density at radius 2 is 2.27 bits per heavy atom. The summed E-state index contributed by atoms with van der Waals surface area (Å²) in [4.78, 5) is 4.37. The van der Waals surface area contributed by atoms with Crippen molar-refractivity contribution in [1.29, 1.82) is 0 Å². The molecular weight excluding hydrogens is 190 g/mol. The van der Waals surface area contributed by atoms with Crippen molar-refractivity contribution in [2.24, 2.45) is 16.1 Å². The van der Waals surface area contributed by atoms with Gasteiger partial charge in [-0.3, -0.25) is 4.99 Å². The number of nitrogens with zero attached hydrogens (tertiary/aromatic N) is 1. The first-order valence-electron chi connectivity index (χ1n) is 5.61. The maximum Gasteiger partial charge on any atom is 0.188 e. The lowest BCUT2D eigenvalue weighted by atomic mass is 9.71. The zero-order chi connectivity index (χ0) is 11.3. The molecule has 0 aromatic rings. The summed E-state index contributed by atoms with van der Waals surface area (Å²) in [5, 5.41) is 3.10. The fraction of sp³-hybridized carbons (Fsp3) is 0.909. The van der Waals surface area contributed by atoms with Crippen molar-refractivity contribution in [3.8, 4) is 0 Å². The number of rotatable bonds is 5. The van der Waals surface area contributed by atoms with Gasteiger partial charge in [0.2, 0.25) is 0 Å². The lowest BCUT2D eigenvalue weighted by molar-refractivity contribution is 0.172. The van der Waals surface area contributed by atoms with E-state index in [1.54, 1.807) is 7.11 Å². The SMILES string of the molecule is COCC(C)NC(N)=NCC1(C)CCC1. The van der Waals surface area contributed by atoms with Crippen molar-refractivity contribution in [3.63, 3.8) is 0 Å². The minimum absolute atomic E-state index is 0.216. The Labute approximate surface area is 92.3 Å². The molecule has 4 heteroatoms. The largest absolute Gasteiger partial charge is 0.383 e. The van der Waals surface area contributed by atoms with Crippen LogP contribution in [-0.2, 0) is 4.74 Å². The van der Waals surface area contributed by atoms with Crippen LogP contribution < -0.4 is 11.1 Å². The van der Waals surface area contributed by atoms with Gasteiger partial charge in [0.1, 0.15) is 0 Å². The molecule has 1 unspecified atom stereocenters. The monoisotopic (exact) mass is 213 g/mol. The zero-order valence-corrected chi connectivity index (χ0v) is 10.0. The first-order valence-corrected chi connectivity index (χ1v) is 5.61. The maximum absolute atomic E-state index is 5.77. The van der Waals surface area contributed by atoms with Gasteiger partial charge in [-0.1, -0.05) is 13.3 Å². The summed E-state index contributed by atoms with van der Waals surface area (Å²) in [5.41, 5.74) is 6.17. The Hall–Kier alpha value is -0.770. The molecule has 1 aliphatic carbocycles. The second-order valence-corrected chi connectivity index (χ2v) is 4.87. The highest BCUT2D eigenvalue weighted by molar-refractivity contribution is 5.78. The van der Waals surface area contributed by atoms with Crippen LogP contribution in [0.25, 0.3) is 0 Å². The molecule has 3 N–H and O–H groups in total. The summed E-state index contributed by atoms with van der Waals surface area (Å²) in [6, 6.07) is 0.216. The van der Waals surface area contributed by atoms with E-state index in [4.69, 9.17) is 10.5 Å². The van der Waals surface area contributed by atoms with E-state index in [0.717, 1.165) is 6.54 Å². The normalized spacial score (nSPS) is 21.9. The minimum Gasteiger partial charge on any atom is -0.383 e. The smallest absolute Gasteiger partial charge is 0.188 e. The molecule has 1 saturated carbocycles. The summed E-state index contributed by atoms with van der Waals surface area (Å²) < 4.78 is 5.01. The number of hydrogen-bond donors (Lipinski definition) is 2. The van der Waals surface area contributed by atoms with E-state index < -0.39 is 0 Å². The molecular formula is C11H23N3O. The van der Waals surface area contributed by atoms with E-state index in [2.05, 4.69) is 17.2 Å². The van der Waals surface area contributed by atoms with Crippen molar-refractivity contribution >= 4 is 5.96 Å². The van der Waals surface area contributed by atoms with E-state index in [1.807, 2.05) is 6.92 Å². The second kappa shape index (κ2) is 5.35.